The molecule has 0 saturated heterocycles. The molecule has 1 aromatic rings. The van der Waals surface area contributed by atoms with Crippen molar-refractivity contribution in [3.8, 4) is 5.75 Å². The second-order valence-electron chi connectivity index (χ2n) is 4.36. The zero-order valence-electron chi connectivity index (χ0n) is 8.96. The van der Waals surface area contributed by atoms with E-state index in [-0.39, 0.29) is 5.75 Å². The standard InChI is InChI=1S/C12H13ClO3/c1-7-5-8(13)6-9(10(7)14)12(11(15)16)3-2-4-12/h5-6,14H,2-4H2,1H3,(H,15,16). The van der Waals surface area contributed by atoms with Crippen LogP contribution in [0.2, 0.25) is 5.02 Å². The van der Waals surface area contributed by atoms with Gasteiger partial charge in [-0.05, 0) is 37.5 Å². The lowest BCUT2D eigenvalue weighted by Crippen LogP contribution is -2.42. The van der Waals surface area contributed by atoms with Crippen molar-refractivity contribution >= 4 is 17.6 Å². The molecular weight excluding hydrogens is 228 g/mol. The van der Waals surface area contributed by atoms with Gasteiger partial charge in [-0.3, -0.25) is 4.79 Å². The number of hydrogen-bond donors (Lipinski definition) is 2. The molecule has 2 N–H and O–H groups in total. The lowest BCUT2D eigenvalue weighted by molar-refractivity contribution is -0.147. The van der Waals surface area contributed by atoms with Crippen molar-refractivity contribution in [2.45, 2.75) is 31.6 Å². The Morgan fingerprint density at radius 2 is 2.06 bits per heavy atom. The third kappa shape index (κ3) is 1.47. The molecule has 0 radical (unpaired) electrons. The van der Waals surface area contributed by atoms with Crippen LogP contribution in [0.15, 0.2) is 12.1 Å². The summed E-state index contributed by atoms with van der Waals surface area (Å²) in [6.45, 7) is 1.72. The van der Waals surface area contributed by atoms with Gasteiger partial charge in [0.15, 0.2) is 0 Å². The van der Waals surface area contributed by atoms with Gasteiger partial charge in [-0.25, -0.2) is 0 Å². The van der Waals surface area contributed by atoms with Gasteiger partial charge in [0.1, 0.15) is 5.75 Å². The van der Waals surface area contributed by atoms with Crippen molar-refractivity contribution in [1.82, 2.24) is 0 Å². The second-order valence-corrected chi connectivity index (χ2v) is 4.80. The van der Waals surface area contributed by atoms with E-state index in [2.05, 4.69) is 0 Å². The maximum absolute atomic E-state index is 11.3. The van der Waals surface area contributed by atoms with E-state index in [0.717, 1.165) is 6.42 Å². The summed E-state index contributed by atoms with van der Waals surface area (Å²) in [7, 11) is 0. The maximum Gasteiger partial charge on any atom is 0.314 e. The van der Waals surface area contributed by atoms with Crippen LogP contribution in [0.5, 0.6) is 5.75 Å². The minimum Gasteiger partial charge on any atom is -0.507 e. The average Bonchev–Trinajstić information content (AvgIpc) is 2.10. The molecule has 4 heteroatoms. The number of halogens is 1. The molecule has 1 aromatic carbocycles. The van der Waals surface area contributed by atoms with Crippen molar-refractivity contribution in [3.05, 3.63) is 28.3 Å². The number of aryl methyl sites for hydroxylation is 1. The van der Waals surface area contributed by atoms with Crippen LogP contribution in [0.4, 0.5) is 0 Å². The van der Waals surface area contributed by atoms with Crippen LogP contribution in [-0.4, -0.2) is 16.2 Å². The van der Waals surface area contributed by atoms with E-state index in [1.54, 1.807) is 19.1 Å². The highest BCUT2D eigenvalue weighted by molar-refractivity contribution is 6.30. The van der Waals surface area contributed by atoms with Crippen LogP contribution in [0.3, 0.4) is 0 Å². The Morgan fingerprint density at radius 1 is 1.44 bits per heavy atom. The summed E-state index contributed by atoms with van der Waals surface area (Å²) in [6.07, 6.45) is 2.00. The molecule has 0 spiro atoms. The highest BCUT2D eigenvalue weighted by Gasteiger charge is 2.47. The highest BCUT2D eigenvalue weighted by Crippen LogP contribution is 2.48. The van der Waals surface area contributed by atoms with Crippen molar-refractivity contribution in [3.63, 3.8) is 0 Å². The van der Waals surface area contributed by atoms with E-state index in [0.29, 0.717) is 29.0 Å². The van der Waals surface area contributed by atoms with Gasteiger partial charge in [0.05, 0.1) is 5.41 Å². The SMILES string of the molecule is Cc1cc(Cl)cc(C2(C(=O)O)CCC2)c1O. The number of rotatable bonds is 2. The Balaban J connectivity index is 2.59. The lowest BCUT2D eigenvalue weighted by atomic mass is 9.64. The van der Waals surface area contributed by atoms with Gasteiger partial charge in [0.2, 0.25) is 0 Å². The number of carboxylic acids is 1. The topological polar surface area (TPSA) is 57.5 Å². The molecule has 86 valence electrons. The minimum absolute atomic E-state index is 0.0616. The van der Waals surface area contributed by atoms with Gasteiger partial charge in [-0.1, -0.05) is 18.0 Å². The van der Waals surface area contributed by atoms with Gasteiger partial charge >= 0.3 is 5.97 Å². The molecule has 0 amide bonds. The van der Waals surface area contributed by atoms with Crippen molar-refractivity contribution in [2.24, 2.45) is 0 Å². The first-order valence-corrected chi connectivity index (χ1v) is 5.58. The predicted octanol–water partition coefficient (Wildman–Crippen LogP) is 2.86. The maximum atomic E-state index is 11.3. The van der Waals surface area contributed by atoms with Crippen LogP contribution < -0.4 is 0 Å². The number of aromatic hydroxyl groups is 1. The molecule has 0 bridgehead atoms. The third-order valence-electron chi connectivity index (χ3n) is 3.40. The smallest absolute Gasteiger partial charge is 0.314 e. The Hall–Kier alpha value is -1.22. The van der Waals surface area contributed by atoms with Gasteiger partial charge in [0.25, 0.3) is 0 Å². The Morgan fingerprint density at radius 3 is 2.50 bits per heavy atom. The van der Waals surface area contributed by atoms with E-state index in [9.17, 15) is 15.0 Å². The summed E-state index contributed by atoms with van der Waals surface area (Å²) in [5.41, 5.74) is 0.144. The molecule has 2 rings (SSSR count). The van der Waals surface area contributed by atoms with Crippen molar-refractivity contribution in [2.75, 3.05) is 0 Å². The van der Waals surface area contributed by atoms with E-state index in [1.165, 1.54) is 0 Å². The molecule has 1 aliphatic carbocycles. The van der Waals surface area contributed by atoms with Crippen LogP contribution >= 0.6 is 11.6 Å². The normalized spacial score (nSPS) is 17.9. The van der Waals surface area contributed by atoms with Crippen molar-refractivity contribution in [1.29, 1.82) is 0 Å². The molecular formula is C12H13ClO3. The monoisotopic (exact) mass is 240 g/mol. The molecule has 1 saturated carbocycles. The fraction of sp³-hybridized carbons (Fsp3) is 0.417. The van der Waals surface area contributed by atoms with Gasteiger partial charge < -0.3 is 10.2 Å². The zero-order chi connectivity index (χ0) is 11.9. The fourth-order valence-corrected chi connectivity index (χ4v) is 2.50. The summed E-state index contributed by atoms with van der Waals surface area (Å²) >= 11 is 5.91. The Labute approximate surface area is 98.7 Å². The van der Waals surface area contributed by atoms with E-state index < -0.39 is 11.4 Å². The number of carbonyl (C=O) groups is 1. The minimum atomic E-state index is -0.931. The molecule has 3 nitrogen and oxygen atoms in total. The highest BCUT2D eigenvalue weighted by atomic mass is 35.5. The third-order valence-corrected chi connectivity index (χ3v) is 3.62. The first kappa shape index (κ1) is 11.3. The molecule has 1 aliphatic rings. The molecule has 0 atom stereocenters. The molecule has 1 fully saturated rings. The summed E-state index contributed by atoms with van der Waals surface area (Å²) in [5, 5.41) is 19.7. The molecule has 0 unspecified atom stereocenters. The zero-order valence-corrected chi connectivity index (χ0v) is 9.71. The molecule has 0 aliphatic heterocycles. The van der Waals surface area contributed by atoms with E-state index >= 15 is 0 Å². The summed E-state index contributed by atoms with van der Waals surface area (Å²) in [6, 6.07) is 3.20. The average molecular weight is 241 g/mol. The number of carboxylic acid groups (broad SMARTS) is 1. The first-order valence-electron chi connectivity index (χ1n) is 5.20. The van der Waals surface area contributed by atoms with E-state index in [1.807, 2.05) is 0 Å². The van der Waals surface area contributed by atoms with Crippen LogP contribution in [-0.2, 0) is 10.2 Å². The largest absolute Gasteiger partial charge is 0.507 e. The molecule has 0 aromatic heterocycles. The first-order chi connectivity index (χ1) is 7.47. The Bertz CT molecular complexity index is 450. The number of benzene rings is 1. The fourth-order valence-electron chi connectivity index (χ4n) is 2.23. The molecule has 16 heavy (non-hydrogen) atoms. The number of hydrogen-bond acceptors (Lipinski definition) is 2. The van der Waals surface area contributed by atoms with Crippen LogP contribution in [0.25, 0.3) is 0 Å². The summed E-state index contributed by atoms with van der Waals surface area (Å²) < 4.78 is 0. The van der Waals surface area contributed by atoms with E-state index in [4.69, 9.17) is 11.6 Å². The van der Waals surface area contributed by atoms with Gasteiger partial charge in [0, 0.05) is 10.6 Å². The van der Waals surface area contributed by atoms with Gasteiger partial charge in [-0.2, -0.15) is 0 Å². The van der Waals surface area contributed by atoms with Crippen LogP contribution in [0, 0.1) is 6.92 Å². The van der Waals surface area contributed by atoms with Crippen molar-refractivity contribution < 1.29 is 15.0 Å². The number of aliphatic carboxylic acids is 1. The molecule has 0 heterocycles. The van der Waals surface area contributed by atoms with Crippen LogP contribution in [0.1, 0.15) is 30.4 Å². The van der Waals surface area contributed by atoms with Gasteiger partial charge in [-0.15, -0.1) is 0 Å². The summed E-state index contributed by atoms with van der Waals surface area (Å²) in [4.78, 5) is 11.3. The second kappa shape index (κ2) is 3.67. The number of phenolic OH excluding ortho intramolecular Hbond substituents is 1. The quantitative estimate of drug-likeness (QED) is 0.836. The number of phenols is 1. The lowest BCUT2D eigenvalue weighted by Gasteiger charge is -2.38. The summed E-state index contributed by atoms with van der Waals surface area (Å²) in [5.74, 6) is -0.817. The Kier molecular flexibility index (Phi) is 2.58. The predicted molar refractivity (Wildman–Crippen MR) is 61.0 cm³/mol.